The topological polar surface area (TPSA) is 46.6 Å². The third kappa shape index (κ3) is 3.83. The smallest absolute Gasteiger partial charge is 0.375 e. The van der Waals surface area contributed by atoms with Crippen molar-refractivity contribution in [2.24, 2.45) is 10.8 Å². The molecule has 4 nitrogen and oxygen atoms in total. The maximum Gasteiger partial charge on any atom is 0.426 e. The first kappa shape index (κ1) is 21.2. The molecule has 0 saturated heterocycles. The van der Waals surface area contributed by atoms with E-state index in [1.54, 1.807) is 26.0 Å². The van der Waals surface area contributed by atoms with E-state index in [-0.39, 0.29) is 6.42 Å². The van der Waals surface area contributed by atoms with E-state index in [9.17, 15) is 22.8 Å². The fraction of sp³-hybridized carbons (Fsp3) is 0.333. The second kappa shape index (κ2) is 7.06. The minimum atomic E-state index is -4.78. The lowest BCUT2D eigenvalue weighted by Crippen LogP contribution is -2.33. The molecule has 8 heteroatoms. The Bertz CT molecular complexity index is 1010. The highest BCUT2D eigenvalue weighted by atomic mass is 35.5. The predicted octanol–water partition coefficient (Wildman–Crippen LogP) is 6.04. The molecule has 1 unspecified atom stereocenters. The lowest BCUT2D eigenvalue weighted by molar-refractivity contribution is -0.142. The highest BCUT2D eigenvalue weighted by Gasteiger charge is 2.67. The molecule has 29 heavy (non-hydrogen) atoms. The quantitative estimate of drug-likeness (QED) is 0.445. The molecule has 2 aromatic carbocycles. The van der Waals surface area contributed by atoms with Gasteiger partial charge in [-0.15, -0.1) is 0 Å². The van der Waals surface area contributed by atoms with Gasteiger partial charge in [-0.1, -0.05) is 61.8 Å². The van der Waals surface area contributed by atoms with Gasteiger partial charge in [0.1, 0.15) is 5.03 Å². The Balaban J connectivity index is 1.85. The van der Waals surface area contributed by atoms with E-state index in [0.29, 0.717) is 11.8 Å². The van der Waals surface area contributed by atoms with Gasteiger partial charge in [-0.2, -0.15) is 13.2 Å². The summed E-state index contributed by atoms with van der Waals surface area (Å²) in [6.07, 6.45) is -5.01. The van der Waals surface area contributed by atoms with Crippen molar-refractivity contribution in [2.75, 3.05) is 11.9 Å². The number of hydrogen-bond donors (Lipinski definition) is 0. The molecule has 1 atom stereocenters. The predicted molar refractivity (Wildman–Crippen MR) is 105 cm³/mol. The molecule has 1 amide bonds. The molecule has 0 bridgehead atoms. The molecule has 0 radical (unpaired) electrons. The Morgan fingerprint density at radius 3 is 2.31 bits per heavy atom. The largest absolute Gasteiger partial charge is 0.426 e. The van der Waals surface area contributed by atoms with E-state index in [2.05, 4.69) is 0 Å². The normalized spacial score (nSPS) is 21.0. The zero-order valence-corrected chi connectivity index (χ0v) is 16.8. The number of alkyl halides is 3. The van der Waals surface area contributed by atoms with Gasteiger partial charge in [0.05, 0.1) is 11.1 Å². The number of fused-ring (bicyclic) bond motifs is 1. The minimum absolute atomic E-state index is 0.0936. The number of benzene rings is 2. The van der Waals surface area contributed by atoms with Crippen molar-refractivity contribution >= 4 is 40.1 Å². The van der Waals surface area contributed by atoms with Crippen LogP contribution in [-0.4, -0.2) is 25.3 Å². The number of nitrogens with zero attached hydrogens (tertiary/aromatic N) is 1. The maximum absolute atomic E-state index is 12.9. The molecule has 0 heterocycles. The van der Waals surface area contributed by atoms with Gasteiger partial charge in [-0.05, 0) is 29.4 Å². The highest BCUT2D eigenvalue weighted by Crippen LogP contribution is 2.66. The summed E-state index contributed by atoms with van der Waals surface area (Å²) in [6, 6.07) is 12.6. The summed E-state index contributed by atoms with van der Waals surface area (Å²) in [4.78, 5) is 26.4. The second-order valence-electron chi connectivity index (χ2n) is 7.73. The van der Waals surface area contributed by atoms with Crippen LogP contribution in [0.2, 0.25) is 0 Å². The maximum atomic E-state index is 12.9. The van der Waals surface area contributed by atoms with Crippen molar-refractivity contribution in [3.63, 3.8) is 0 Å². The fourth-order valence-electron chi connectivity index (χ4n) is 3.44. The molecule has 1 aliphatic carbocycles. The number of halogens is 4. The molecule has 0 N–H and O–H groups in total. The summed E-state index contributed by atoms with van der Waals surface area (Å²) in [7, 11) is 1.43. The number of carbonyl (C=O) groups is 2. The summed E-state index contributed by atoms with van der Waals surface area (Å²) in [6.45, 7) is 3.23. The van der Waals surface area contributed by atoms with Crippen LogP contribution in [0.3, 0.4) is 0 Å². The number of anilines is 1. The summed E-state index contributed by atoms with van der Waals surface area (Å²) in [5.74, 6) is -1.05. The molecule has 1 fully saturated rings. The Hall–Kier alpha value is -2.54. The van der Waals surface area contributed by atoms with Gasteiger partial charge in [-0.3, -0.25) is 9.69 Å². The lowest BCUT2D eigenvalue weighted by Gasteiger charge is -2.21. The summed E-state index contributed by atoms with van der Waals surface area (Å²) in [5.41, 5.74) is -1.91. The van der Waals surface area contributed by atoms with Crippen LogP contribution in [0.15, 0.2) is 53.6 Å². The Morgan fingerprint density at radius 2 is 1.72 bits per heavy atom. The molecule has 1 saturated carbocycles. The van der Waals surface area contributed by atoms with E-state index in [4.69, 9.17) is 16.3 Å². The van der Waals surface area contributed by atoms with Crippen LogP contribution < -0.4 is 4.90 Å². The Morgan fingerprint density at radius 1 is 1.14 bits per heavy atom. The van der Waals surface area contributed by atoms with Crippen molar-refractivity contribution in [1.82, 2.24) is 0 Å². The summed E-state index contributed by atoms with van der Waals surface area (Å²) in [5, 5.41) is 0.244. The molecular formula is C21H19ClF3NO3. The molecule has 0 aliphatic heterocycles. The molecule has 154 valence electrons. The minimum Gasteiger partial charge on any atom is -0.375 e. The van der Waals surface area contributed by atoms with Gasteiger partial charge in [-0.25, -0.2) is 4.79 Å². The van der Waals surface area contributed by atoms with Crippen molar-refractivity contribution < 1.29 is 27.5 Å². The van der Waals surface area contributed by atoms with Crippen molar-refractivity contribution in [3.8, 4) is 0 Å². The van der Waals surface area contributed by atoms with E-state index < -0.39 is 34.1 Å². The first-order valence-electron chi connectivity index (χ1n) is 8.82. The van der Waals surface area contributed by atoms with Crippen LogP contribution in [0, 0.1) is 10.8 Å². The van der Waals surface area contributed by atoms with Crippen LogP contribution in [0.5, 0.6) is 0 Å². The fourth-order valence-corrected chi connectivity index (χ4v) is 3.63. The number of carbonyl (C=O) groups excluding carboxylic acids is 2. The van der Waals surface area contributed by atoms with E-state index >= 15 is 0 Å². The van der Waals surface area contributed by atoms with Gasteiger partial charge in [0, 0.05) is 12.4 Å². The van der Waals surface area contributed by atoms with Crippen molar-refractivity contribution in [2.45, 2.75) is 26.4 Å². The summed E-state index contributed by atoms with van der Waals surface area (Å²) < 4.78 is 43.5. The van der Waals surface area contributed by atoms with Gasteiger partial charge >= 0.3 is 18.2 Å². The van der Waals surface area contributed by atoms with Gasteiger partial charge in [0.25, 0.3) is 0 Å². The van der Waals surface area contributed by atoms with E-state index in [1.807, 2.05) is 30.3 Å². The van der Waals surface area contributed by atoms with Crippen LogP contribution in [-0.2, 0) is 9.53 Å². The van der Waals surface area contributed by atoms with Gasteiger partial charge in [0.15, 0.2) is 0 Å². The average Bonchev–Trinajstić information content (AvgIpc) is 3.21. The van der Waals surface area contributed by atoms with Gasteiger partial charge < -0.3 is 4.74 Å². The first-order valence-corrected chi connectivity index (χ1v) is 9.20. The van der Waals surface area contributed by atoms with Crippen LogP contribution >= 0.6 is 11.6 Å². The third-order valence-corrected chi connectivity index (χ3v) is 5.72. The number of ether oxygens (including phenoxy) is 1. The zero-order chi connectivity index (χ0) is 21.6. The standard InChI is InChI=1S/C21H19ClF3NO3/c1-19(2)12-20(19,11-16(22)21(23,24)25)17(27)29-18(28)26(3)15-10-6-8-13-7-4-5-9-14(13)15/h4-11H,12H2,1-3H3. The van der Waals surface area contributed by atoms with Gasteiger partial charge in [0.2, 0.25) is 0 Å². The van der Waals surface area contributed by atoms with Crippen molar-refractivity contribution in [3.05, 3.63) is 53.6 Å². The molecule has 2 aromatic rings. The molecule has 1 aliphatic rings. The van der Waals surface area contributed by atoms with E-state index in [0.717, 1.165) is 15.7 Å². The summed E-state index contributed by atoms with van der Waals surface area (Å²) >= 11 is 5.35. The second-order valence-corrected chi connectivity index (χ2v) is 8.14. The number of hydrogen-bond acceptors (Lipinski definition) is 3. The zero-order valence-electron chi connectivity index (χ0n) is 16.0. The Labute approximate surface area is 170 Å². The molecular weight excluding hydrogens is 407 g/mol. The van der Waals surface area contributed by atoms with Crippen LogP contribution in [0.25, 0.3) is 10.8 Å². The SMILES string of the molecule is CN(C(=O)OC(=O)C1(C=C(Cl)C(F)(F)F)CC1(C)C)c1cccc2ccccc12. The van der Waals surface area contributed by atoms with Crippen molar-refractivity contribution in [1.29, 1.82) is 0 Å². The van der Waals surface area contributed by atoms with E-state index in [1.165, 1.54) is 7.05 Å². The number of rotatable bonds is 3. The number of esters is 1. The highest BCUT2D eigenvalue weighted by molar-refractivity contribution is 6.30. The monoisotopic (exact) mass is 425 g/mol. The average molecular weight is 426 g/mol. The van der Waals surface area contributed by atoms with Crippen LogP contribution in [0.4, 0.5) is 23.7 Å². The third-order valence-electron chi connectivity index (χ3n) is 5.39. The lowest BCUT2D eigenvalue weighted by atomic mass is 9.95. The molecule has 0 aromatic heterocycles. The number of amides is 1. The Kier molecular flexibility index (Phi) is 5.15. The number of allylic oxidation sites excluding steroid dienone is 1. The molecule has 3 rings (SSSR count). The first-order chi connectivity index (χ1) is 13.4. The van der Waals surface area contributed by atoms with Crippen LogP contribution in [0.1, 0.15) is 20.3 Å². The molecule has 0 spiro atoms.